The van der Waals surface area contributed by atoms with Crippen molar-refractivity contribution in [3.05, 3.63) is 62.9 Å². The van der Waals surface area contributed by atoms with E-state index < -0.39 is 5.82 Å². The van der Waals surface area contributed by atoms with Gasteiger partial charge in [0.15, 0.2) is 0 Å². The second kappa shape index (κ2) is 6.70. The van der Waals surface area contributed by atoms with Crippen LogP contribution in [-0.4, -0.2) is 0 Å². The number of halogens is 2. The fraction of sp³-hybridized carbons (Fsp3) is 0.188. The Morgan fingerprint density at radius 3 is 2.76 bits per heavy atom. The third-order valence-corrected chi connectivity index (χ3v) is 3.57. The normalized spacial score (nSPS) is 10.2. The number of nitriles is 1. The molecule has 0 aliphatic carbocycles. The van der Waals surface area contributed by atoms with Crippen LogP contribution in [0.4, 0.5) is 4.39 Å². The highest BCUT2D eigenvalue weighted by Gasteiger charge is 2.11. The predicted molar refractivity (Wildman–Crippen MR) is 82.2 cm³/mol. The molecule has 0 aliphatic heterocycles. The lowest BCUT2D eigenvalue weighted by molar-refractivity contribution is 0.294. The molecular weight excluding hydrogens is 335 g/mol. The van der Waals surface area contributed by atoms with E-state index in [4.69, 9.17) is 15.7 Å². The van der Waals surface area contributed by atoms with Gasteiger partial charge in [0.25, 0.3) is 0 Å². The molecule has 2 N–H and O–H groups in total. The summed E-state index contributed by atoms with van der Waals surface area (Å²) in [4.78, 5) is 0. The molecule has 21 heavy (non-hydrogen) atoms. The number of hydrogen-bond acceptors (Lipinski definition) is 3. The molecule has 0 aliphatic rings. The lowest BCUT2D eigenvalue weighted by Crippen LogP contribution is -2.06. The van der Waals surface area contributed by atoms with Crippen molar-refractivity contribution >= 4 is 15.9 Å². The van der Waals surface area contributed by atoms with Gasteiger partial charge in [-0.1, -0.05) is 28.1 Å². The topological polar surface area (TPSA) is 59.0 Å². The Labute approximate surface area is 131 Å². The summed E-state index contributed by atoms with van der Waals surface area (Å²) in [6.07, 6.45) is 0. The number of hydrogen-bond donors (Lipinski definition) is 1. The predicted octanol–water partition coefficient (Wildman–Crippen LogP) is 3.81. The molecule has 2 aromatic rings. The number of nitrogens with two attached hydrogens (primary N) is 1. The molecule has 2 aromatic carbocycles. The molecule has 0 amide bonds. The van der Waals surface area contributed by atoms with Gasteiger partial charge in [-0.25, -0.2) is 4.39 Å². The van der Waals surface area contributed by atoms with E-state index in [0.29, 0.717) is 17.9 Å². The zero-order valence-electron chi connectivity index (χ0n) is 11.5. The summed E-state index contributed by atoms with van der Waals surface area (Å²) >= 11 is 3.41. The SMILES string of the molecule is Cc1cc(Br)cc(CN)c1OCc1cccc(C#N)c1F. The molecule has 108 valence electrons. The van der Waals surface area contributed by atoms with Crippen LogP contribution in [-0.2, 0) is 13.2 Å². The largest absolute Gasteiger partial charge is 0.488 e. The first-order valence-corrected chi connectivity index (χ1v) is 7.15. The average Bonchev–Trinajstić information content (AvgIpc) is 2.47. The quantitative estimate of drug-likeness (QED) is 0.913. The van der Waals surface area contributed by atoms with Crippen molar-refractivity contribution in [1.82, 2.24) is 0 Å². The monoisotopic (exact) mass is 348 g/mol. The highest BCUT2D eigenvalue weighted by Crippen LogP contribution is 2.29. The molecule has 2 rings (SSSR count). The lowest BCUT2D eigenvalue weighted by atomic mass is 10.1. The summed E-state index contributed by atoms with van der Waals surface area (Å²) < 4.78 is 20.6. The fourth-order valence-electron chi connectivity index (χ4n) is 2.08. The summed E-state index contributed by atoms with van der Waals surface area (Å²) in [5.74, 6) is 0.117. The average molecular weight is 349 g/mol. The van der Waals surface area contributed by atoms with Gasteiger partial charge in [0.2, 0.25) is 0 Å². The minimum atomic E-state index is -0.538. The first-order chi connectivity index (χ1) is 10.1. The van der Waals surface area contributed by atoms with E-state index in [1.807, 2.05) is 25.1 Å². The summed E-state index contributed by atoms with van der Waals surface area (Å²) in [6.45, 7) is 2.29. The standard InChI is InChI=1S/C16H14BrFN2O/c1-10-5-14(17)6-13(8-20)16(10)21-9-12-4-2-3-11(7-19)15(12)18/h2-6H,8-9,20H2,1H3. The van der Waals surface area contributed by atoms with Crippen molar-refractivity contribution in [2.45, 2.75) is 20.1 Å². The fourth-order valence-corrected chi connectivity index (χ4v) is 2.70. The minimum Gasteiger partial charge on any atom is -0.488 e. The van der Waals surface area contributed by atoms with E-state index in [-0.39, 0.29) is 12.2 Å². The number of nitrogens with zero attached hydrogens (tertiary/aromatic N) is 1. The summed E-state index contributed by atoms with van der Waals surface area (Å²) in [7, 11) is 0. The Morgan fingerprint density at radius 1 is 1.33 bits per heavy atom. The van der Waals surface area contributed by atoms with Crippen molar-refractivity contribution in [3.63, 3.8) is 0 Å². The Bertz CT molecular complexity index is 710. The Kier molecular flexibility index (Phi) is 4.94. The van der Waals surface area contributed by atoms with Gasteiger partial charge < -0.3 is 10.5 Å². The third-order valence-electron chi connectivity index (χ3n) is 3.11. The number of rotatable bonds is 4. The maximum atomic E-state index is 14.0. The van der Waals surface area contributed by atoms with Crippen molar-refractivity contribution in [2.24, 2.45) is 5.73 Å². The maximum Gasteiger partial charge on any atom is 0.147 e. The van der Waals surface area contributed by atoms with E-state index in [2.05, 4.69) is 15.9 Å². The zero-order chi connectivity index (χ0) is 15.4. The van der Waals surface area contributed by atoms with Crippen LogP contribution in [0.15, 0.2) is 34.8 Å². The van der Waals surface area contributed by atoms with Crippen molar-refractivity contribution in [1.29, 1.82) is 5.26 Å². The Balaban J connectivity index is 2.27. The van der Waals surface area contributed by atoms with Gasteiger partial charge in [0.05, 0.1) is 5.56 Å². The highest BCUT2D eigenvalue weighted by atomic mass is 79.9. The van der Waals surface area contributed by atoms with Gasteiger partial charge in [-0.05, 0) is 30.7 Å². The zero-order valence-corrected chi connectivity index (χ0v) is 13.1. The summed E-state index contributed by atoms with van der Waals surface area (Å²) in [5.41, 5.74) is 7.84. The summed E-state index contributed by atoms with van der Waals surface area (Å²) in [5, 5.41) is 8.83. The first kappa shape index (κ1) is 15.5. The van der Waals surface area contributed by atoms with Crippen LogP contribution in [0.5, 0.6) is 5.75 Å². The Morgan fingerprint density at radius 2 is 2.10 bits per heavy atom. The van der Waals surface area contributed by atoms with Crippen LogP contribution in [0.3, 0.4) is 0 Å². The van der Waals surface area contributed by atoms with Crippen LogP contribution in [0, 0.1) is 24.1 Å². The molecule has 0 saturated carbocycles. The molecule has 3 nitrogen and oxygen atoms in total. The molecule has 0 saturated heterocycles. The van der Waals surface area contributed by atoms with Crippen LogP contribution in [0.25, 0.3) is 0 Å². The molecule has 0 atom stereocenters. The molecule has 0 fully saturated rings. The van der Waals surface area contributed by atoms with Crippen LogP contribution >= 0.6 is 15.9 Å². The molecule has 0 unspecified atom stereocenters. The molecule has 0 bridgehead atoms. The Hall–Kier alpha value is -1.90. The van der Waals surface area contributed by atoms with Gasteiger partial charge in [-0.3, -0.25) is 0 Å². The van der Waals surface area contributed by atoms with Crippen molar-refractivity contribution < 1.29 is 9.13 Å². The number of ether oxygens (including phenoxy) is 1. The maximum absolute atomic E-state index is 14.0. The molecule has 0 heterocycles. The molecule has 0 aromatic heterocycles. The second-order valence-corrected chi connectivity index (χ2v) is 5.51. The minimum absolute atomic E-state index is 0.0164. The van der Waals surface area contributed by atoms with E-state index in [9.17, 15) is 4.39 Å². The second-order valence-electron chi connectivity index (χ2n) is 4.59. The molecule has 0 spiro atoms. The van der Waals surface area contributed by atoms with Gasteiger partial charge >= 0.3 is 0 Å². The van der Waals surface area contributed by atoms with Gasteiger partial charge in [0.1, 0.15) is 24.2 Å². The molecular formula is C16H14BrFN2O. The molecule has 5 heteroatoms. The van der Waals surface area contributed by atoms with Gasteiger partial charge in [-0.15, -0.1) is 0 Å². The van der Waals surface area contributed by atoms with Crippen molar-refractivity contribution in [2.75, 3.05) is 0 Å². The van der Waals surface area contributed by atoms with Gasteiger partial charge in [0, 0.05) is 22.1 Å². The van der Waals surface area contributed by atoms with E-state index in [1.165, 1.54) is 6.07 Å². The van der Waals surface area contributed by atoms with Crippen LogP contribution in [0.1, 0.15) is 22.3 Å². The van der Waals surface area contributed by atoms with Crippen molar-refractivity contribution in [3.8, 4) is 11.8 Å². The number of aryl methyl sites for hydroxylation is 1. The summed E-state index contributed by atoms with van der Waals surface area (Å²) in [6, 6.07) is 10.3. The van der Waals surface area contributed by atoms with E-state index >= 15 is 0 Å². The third kappa shape index (κ3) is 3.41. The van der Waals surface area contributed by atoms with E-state index in [0.717, 1.165) is 15.6 Å². The van der Waals surface area contributed by atoms with E-state index in [1.54, 1.807) is 12.1 Å². The van der Waals surface area contributed by atoms with Crippen LogP contribution < -0.4 is 10.5 Å². The number of benzene rings is 2. The molecule has 0 radical (unpaired) electrons. The van der Waals surface area contributed by atoms with Gasteiger partial charge in [-0.2, -0.15) is 5.26 Å². The highest BCUT2D eigenvalue weighted by molar-refractivity contribution is 9.10. The lowest BCUT2D eigenvalue weighted by Gasteiger charge is -2.14. The van der Waals surface area contributed by atoms with Crippen LogP contribution in [0.2, 0.25) is 0 Å². The first-order valence-electron chi connectivity index (χ1n) is 6.36. The smallest absolute Gasteiger partial charge is 0.147 e.